The fourth-order valence-electron chi connectivity index (χ4n) is 1.64. The number of H-pyrrole nitrogens is 1. The van der Waals surface area contributed by atoms with Crippen LogP contribution in [0, 0.1) is 12.8 Å². The molecule has 6 nitrogen and oxygen atoms in total. The van der Waals surface area contributed by atoms with Crippen molar-refractivity contribution in [2.24, 2.45) is 5.92 Å². The zero-order valence-electron chi connectivity index (χ0n) is 11.3. The fourth-order valence-corrected chi connectivity index (χ4v) is 2.99. The van der Waals surface area contributed by atoms with Gasteiger partial charge < -0.3 is 5.32 Å². The molecule has 1 rings (SSSR count). The number of hydrogen-bond acceptors (Lipinski definition) is 4. The second kappa shape index (κ2) is 5.92. The summed E-state index contributed by atoms with van der Waals surface area (Å²) in [5, 5.41) is 8.91. The molecule has 0 aromatic carbocycles. The van der Waals surface area contributed by atoms with Crippen LogP contribution in [0.3, 0.4) is 0 Å². The number of aryl methyl sites for hydroxylation is 1. The van der Waals surface area contributed by atoms with Gasteiger partial charge in [0.2, 0.25) is 0 Å². The van der Waals surface area contributed by atoms with Crippen LogP contribution in [0.4, 0.5) is 0 Å². The zero-order chi connectivity index (χ0) is 14.8. The normalized spacial score (nSPS) is 15.0. The van der Waals surface area contributed by atoms with Crippen molar-refractivity contribution in [1.82, 2.24) is 15.5 Å². The molecule has 2 unspecified atom stereocenters. The Morgan fingerprint density at radius 3 is 2.53 bits per heavy atom. The highest BCUT2D eigenvalue weighted by Gasteiger charge is 2.27. The van der Waals surface area contributed by atoms with Gasteiger partial charge in [0, 0.05) is 16.7 Å². The number of nitrogens with zero attached hydrogens (tertiary/aromatic N) is 1. The molecule has 0 aliphatic rings. The minimum absolute atomic E-state index is 0.0830. The van der Waals surface area contributed by atoms with Crippen LogP contribution in [0.25, 0.3) is 0 Å². The molecule has 0 radical (unpaired) electrons. The summed E-state index contributed by atoms with van der Waals surface area (Å²) in [4.78, 5) is 11.8. The van der Waals surface area contributed by atoms with Gasteiger partial charge in [-0.2, -0.15) is 5.10 Å². The molecule has 2 N–H and O–H groups in total. The Morgan fingerprint density at radius 2 is 2.05 bits per heavy atom. The third kappa shape index (κ3) is 3.70. The van der Waals surface area contributed by atoms with Crippen LogP contribution in [0.15, 0.2) is 4.90 Å². The van der Waals surface area contributed by atoms with Crippen molar-refractivity contribution in [3.05, 3.63) is 11.4 Å². The van der Waals surface area contributed by atoms with E-state index in [0.29, 0.717) is 0 Å². The van der Waals surface area contributed by atoms with Gasteiger partial charge in [-0.05, 0) is 19.8 Å². The average molecular weight is 308 g/mol. The summed E-state index contributed by atoms with van der Waals surface area (Å²) in [6.07, 6.45) is 0.904. The monoisotopic (exact) mass is 307 g/mol. The molecule has 8 heteroatoms. The lowest BCUT2D eigenvalue weighted by Crippen LogP contribution is -2.37. The number of aromatic amines is 1. The van der Waals surface area contributed by atoms with Crippen LogP contribution in [-0.2, 0) is 9.05 Å². The number of carbonyl (C=O) groups is 1. The highest BCUT2D eigenvalue weighted by Crippen LogP contribution is 2.22. The van der Waals surface area contributed by atoms with E-state index in [9.17, 15) is 13.2 Å². The molecule has 0 spiro atoms. The van der Waals surface area contributed by atoms with E-state index >= 15 is 0 Å². The number of carbonyl (C=O) groups excluding carboxylic acids is 1. The van der Waals surface area contributed by atoms with Crippen LogP contribution in [0.1, 0.15) is 43.4 Å². The Labute approximate surface area is 117 Å². The molecule has 1 heterocycles. The first-order valence-corrected chi connectivity index (χ1v) is 8.29. The van der Waals surface area contributed by atoms with Gasteiger partial charge >= 0.3 is 0 Å². The summed E-state index contributed by atoms with van der Waals surface area (Å²) in [7, 11) is 1.30. The molecule has 0 aliphatic heterocycles. The van der Waals surface area contributed by atoms with Crippen LogP contribution in [0.2, 0.25) is 0 Å². The number of nitrogens with one attached hydrogen (secondary N) is 2. The third-order valence-corrected chi connectivity index (χ3v) is 4.66. The largest absolute Gasteiger partial charge is 0.348 e. The molecule has 1 aromatic heterocycles. The Hall–Kier alpha value is -1.08. The molecular weight excluding hydrogens is 290 g/mol. The first-order valence-electron chi connectivity index (χ1n) is 5.99. The van der Waals surface area contributed by atoms with Gasteiger partial charge in [0.1, 0.15) is 4.90 Å². The smallest absolute Gasteiger partial charge is 0.273 e. The van der Waals surface area contributed by atoms with E-state index in [0.717, 1.165) is 6.42 Å². The highest BCUT2D eigenvalue weighted by molar-refractivity contribution is 8.13. The third-order valence-electron chi connectivity index (χ3n) is 3.21. The Bertz CT molecular complexity index is 568. The highest BCUT2D eigenvalue weighted by atomic mass is 35.7. The fraction of sp³-hybridized carbons (Fsp3) is 0.636. The number of hydrogen-bond donors (Lipinski definition) is 2. The minimum atomic E-state index is -4.01. The second-order valence-corrected chi connectivity index (χ2v) is 7.11. The summed E-state index contributed by atoms with van der Waals surface area (Å²) in [5.41, 5.74) is 0.0546. The summed E-state index contributed by atoms with van der Waals surface area (Å²) in [6, 6.07) is -0.0830. The van der Waals surface area contributed by atoms with Crippen molar-refractivity contribution in [3.8, 4) is 0 Å². The van der Waals surface area contributed by atoms with Gasteiger partial charge in [0.15, 0.2) is 5.69 Å². The minimum Gasteiger partial charge on any atom is -0.348 e. The molecule has 0 saturated heterocycles. The van der Waals surface area contributed by atoms with Crippen molar-refractivity contribution < 1.29 is 13.2 Å². The van der Waals surface area contributed by atoms with Gasteiger partial charge in [0.25, 0.3) is 15.0 Å². The molecule has 108 valence electrons. The lowest BCUT2D eigenvalue weighted by molar-refractivity contribution is 0.0919. The number of amides is 1. The summed E-state index contributed by atoms with van der Waals surface area (Å²) >= 11 is 0. The molecule has 19 heavy (non-hydrogen) atoms. The zero-order valence-corrected chi connectivity index (χ0v) is 12.9. The summed E-state index contributed by atoms with van der Waals surface area (Å²) in [6.45, 7) is 7.37. The van der Waals surface area contributed by atoms with Gasteiger partial charge in [-0.15, -0.1) is 0 Å². The summed E-state index contributed by atoms with van der Waals surface area (Å²) in [5.74, 6) is -0.267. The van der Waals surface area contributed by atoms with Crippen molar-refractivity contribution in [2.75, 3.05) is 0 Å². The van der Waals surface area contributed by atoms with Crippen molar-refractivity contribution in [2.45, 2.75) is 45.1 Å². The van der Waals surface area contributed by atoms with E-state index < -0.39 is 15.0 Å². The predicted octanol–water partition coefficient (Wildman–Crippen LogP) is 1.81. The second-order valence-electron chi connectivity index (χ2n) is 4.61. The van der Waals surface area contributed by atoms with E-state index in [1.165, 1.54) is 6.92 Å². The van der Waals surface area contributed by atoms with E-state index in [1.807, 2.05) is 20.8 Å². The Morgan fingerprint density at radius 1 is 1.47 bits per heavy atom. The maximum atomic E-state index is 12.0. The average Bonchev–Trinajstić information content (AvgIpc) is 2.69. The number of rotatable bonds is 5. The molecule has 2 atom stereocenters. The Kier molecular flexibility index (Phi) is 4.98. The molecule has 0 bridgehead atoms. The van der Waals surface area contributed by atoms with Crippen molar-refractivity contribution >= 4 is 25.6 Å². The molecule has 0 fully saturated rings. The van der Waals surface area contributed by atoms with Gasteiger partial charge in [-0.1, -0.05) is 20.3 Å². The van der Waals surface area contributed by atoms with Crippen LogP contribution in [0.5, 0.6) is 0 Å². The molecule has 0 aliphatic carbocycles. The van der Waals surface area contributed by atoms with Gasteiger partial charge in [-0.25, -0.2) is 8.42 Å². The van der Waals surface area contributed by atoms with E-state index in [1.54, 1.807) is 0 Å². The number of halogens is 1. The van der Waals surface area contributed by atoms with Crippen molar-refractivity contribution in [1.29, 1.82) is 0 Å². The van der Waals surface area contributed by atoms with Crippen LogP contribution < -0.4 is 5.32 Å². The predicted molar refractivity (Wildman–Crippen MR) is 72.7 cm³/mol. The van der Waals surface area contributed by atoms with E-state index in [-0.39, 0.29) is 28.2 Å². The summed E-state index contributed by atoms with van der Waals surface area (Å²) < 4.78 is 22.9. The maximum absolute atomic E-state index is 12.0. The van der Waals surface area contributed by atoms with E-state index in [4.69, 9.17) is 10.7 Å². The van der Waals surface area contributed by atoms with Crippen LogP contribution >= 0.6 is 10.7 Å². The maximum Gasteiger partial charge on any atom is 0.273 e. The van der Waals surface area contributed by atoms with Gasteiger partial charge in [0.05, 0.1) is 5.69 Å². The van der Waals surface area contributed by atoms with Gasteiger partial charge in [-0.3, -0.25) is 9.89 Å². The lowest BCUT2D eigenvalue weighted by Gasteiger charge is -2.19. The van der Waals surface area contributed by atoms with E-state index in [2.05, 4.69) is 15.5 Å². The topological polar surface area (TPSA) is 91.9 Å². The molecule has 0 saturated carbocycles. The molecular formula is C11H18ClN3O3S. The lowest BCUT2D eigenvalue weighted by atomic mass is 10.0. The SMILES string of the molecule is CCC(C)C(C)NC(=O)c1n[nH]c(C)c1S(=O)(=O)Cl. The van der Waals surface area contributed by atoms with Crippen molar-refractivity contribution in [3.63, 3.8) is 0 Å². The standard InChI is InChI=1S/C11H18ClN3O3S/c1-5-6(2)7(3)13-11(16)9-10(19(12,17)18)8(4)14-15-9/h6-7H,5H2,1-4H3,(H,13,16)(H,14,15). The van der Waals surface area contributed by atoms with Crippen LogP contribution in [-0.4, -0.2) is 30.6 Å². The number of aromatic nitrogens is 2. The first kappa shape index (κ1) is 16.0. The Balaban J connectivity index is 3.03. The quantitative estimate of drug-likeness (QED) is 0.811. The molecule has 1 amide bonds. The molecule has 1 aromatic rings. The first-order chi connectivity index (χ1) is 8.68.